The first-order valence-electron chi connectivity index (χ1n) is 3.11. The number of likely N-dealkylation sites (N-methyl/N-ethyl adjacent to an activating group) is 1. The lowest BCUT2D eigenvalue weighted by atomic mass is 10.5. The summed E-state index contributed by atoms with van der Waals surface area (Å²) in [7, 11) is 4.38. The molecule has 0 aliphatic carbocycles. The van der Waals surface area contributed by atoms with Gasteiger partial charge < -0.3 is 19.5 Å². The normalized spacial score (nSPS) is 10.2. The minimum Gasteiger partial charge on any atom is -0.465 e. The van der Waals surface area contributed by atoms with Crippen molar-refractivity contribution < 1.29 is 19.4 Å². The van der Waals surface area contributed by atoms with Gasteiger partial charge in [-0.3, -0.25) is 0 Å². The maximum Gasteiger partial charge on any atom is 0.407 e. The first-order valence-corrected chi connectivity index (χ1v) is 3.11. The second kappa shape index (κ2) is 4.92. The van der Waals surface area contributed by atoms with Gasteiger partial charge >= 0.3 is 6.09 Å². The Morgan fingerprint density at radius 3 is 2.27 bits per heavy atom. The standard InChI is InChI=1S/C6H13NO4/c1-7(6(8)9)4-5(10-2)11-3/h5H,4H2,1-3H3,(H,8,9). The number of nitrogens with zero attached hydrogens (tertiary/aromatic N) is 1. The summed E-state index contributed by atoms with van der Waals surface area (Å²) in [5, 5.41) is 8.44. The molecule has 0 unspecified atom stereocenters. The fourth-order valence-electron chi connectivity index (χ4n) is 0.547. The lowest BCUT2D eigenvalue weighted by Gasteiger charge is -2.19. The molecule has 0 aromatic heterocycles. The van der Waals surface area contributed by atoms with Crippen LogP contribution in [0.4, 0.5) is 4.79 Å². The second-order valence-corrected chi connectivity index (χ2v) is 2.06. The highest BCUT2D eigenvalue weighted by atomic mass is 16.7. The number of amides is 1. The molecule has 66 valence electrons. The summed E-state index contributed by atoms with van der Waals surface area (Å²) < 4.78 is 9.59. The lowest BCUT2D eigenvalue weighted by molar-refractivity contribution is -0.110. The highest BCUT2D eigenvalue weighted by Gasteiger charge is 2.12. The number of methoxy groups -OCH3 is 2. The van der Waals surface area contributed by atoms with Crippen molar-refractivity contribution in [2.45, 2.75) is 6.29 Å². The van der Waals surface area contributed by atoms with Crippen molar-refractivity contribution >= 4 is 6.09 Å². The predicted molar refractivity (Wildman–Crippen MR) is 38.5 cm³/mol. The number of hydrogen-bond acceptors (Lipinski definition) is 3. The van der Waals surface area contributed by atoms with E-state index in [0.717, 1.165) is 4.90 Å². The third kappa shape index (κ3) is 3.79. The van der Waals surface area contributed by atoms with Gasteiger partial charge in [-0.25, -0.2) is 4.79 Å². The Bertz CT molecular complexity index is 124. The Kier molecular flexibility index (Phi) is 4.56. The molecule has 1 amide bonds. The van der Waals surface area contributed by atoms with Gasteiger partial charge in [-0.1, -0.05) is 0 Å². The Labute approximate surface area is 65.5 Å². The maximum absolute atomic E-state index is 10.3. The summed E-state index contributed by atoms with van der Waals surface area (Å²) in [5.41, 5.74) is 0. The molecule has 0 saturated carbocycles. The smallest absolute Gasteiger partial charge is 0.407 e. The highest BCUT2D eigenvalue weighted by Crippen LogP contribution is 1.94. The van der Waals surface area contributed by atoms with Crippen molar-refractivity contribution in [2.24, 2.45) is 0 Å². The predicted octanol–water partition coefficient (Wildman–Crippen LogP) is 0.215. The maximum atomic E-state index is 10.3. The van der Waals surface area contributed by atoms with Crippen LogP contribution in [-0.2, 0) is 9.47 Å². The Balaban J connectivity index is 3.71. The van der Waals surface area contributed by atoms with Crippen molar-refractivity contribution in [3.8, 4) is 0 Å². The van der Waals surface area contributed by atoms with E-state index in [2.05, 4.69) is 0 Å². The van der Waals surface area contributed by atoms with Crippen molar-refractivity contribution in [2.75, 3.05) is 27.8 Å². The number of ether oxygens (including phenoxy) is 2. The van der Waals surface area contributed by atoms with E-state index in [-0.39, 0.29) is 6.54 Å². The quantitative estimate of drug-likeness (QED) is 0.602. The average Bonchev–Trinajstić information content (AvgIpc) is 1.99. The first kappa shape index (κ1) is 10.2. The van der Waals surface area contributed by atoms with Crippen LogP contribution in [0.1, 0.15) is 0 Å². The largest absolute Gasteiger partial charge is 0.465 e. The SMILES string of the molecule is COC(CN(C)C(=O)O)OC. The summed E-state index contributed by atoms with van der Waals surface area (Å²) in [6.45, 7) is 0.211. The van der Waals surface area contributed by atoms with Crippen LogP contribution in [-0.4, -0.2) is 50.2 Å². The van der Waals surface area contributed by atoms with E-state index >= 15 is 0 Å². The summed E-state index contributed by atoms with van der Waals surface area (Å²) >= 11 is 0. The lowest BCUT2D eigenvalue weighted by Crippen LogP contribution is -2.34. The number of hydrogen-bond donors (Lipinski definition) is 1. The molecular weight excluding hydrogens is 150 g/mol. The molecule has 0 rings (SSSR count). The monoisotopic (exact) mass is 163 g/mol. The third-order valence-electron chi connectivity index (χ3n) is 1.28. The molecule has 0 bridgehead atoms. The van der Waals surface area contributed by atoms with E-state index in [1.165, 1.54) is 21.3 Å². The molecule has 0 saturated heterocycles. The van der Waals surface area contributed by atoms with Crippen LogP contribution in [0.2, 0.25) is 0 Å². The number of carbonyl (C=O) groups is 1. The molecule has 5 nitrogen and oxygen atoms in total. The molecule has 0 aromatic rings. The Morgan fingerprint density at radius 2 is 2.00 bits per heavy atom. The fourth-order valence-corrected chi connectivity index (χ4v) is 0.547. The summed E-state index contributed by atoms with van der Waals surface area (Å²) in [6, 6.07) is 0. The zero-order valence-electron chi connectivity index (χ0n) is 6.90. The fraction of sp³-hybridized carbons (Fsp3) is 0.833. The van der Waals surface area contributed by atoms with Crippen molar-refractivity contribution in [3.05, 3.63) is 0 Å². The first-order chi connectivity index (χ1) is 5.11. The minimum absolute atomic E-state index is 0.211. The zero-order chi connectivity index (χ0) is 8.85. The topological polar surface area (TPSA) is 59.0 Å². The molecule has 0 aromatic carbocycles. The van der Waals surface area contributed by atoms with Gasteiger partial charge in [0.1, 0.15) is 0 Å². The van der Waals surface area contributed by atoms with Crippen LogP contribution in [0.15, 0.2) is 0 Å². The van der Waals surface area contributed by atoms with Gasteiger partial charge in [0.15, 0.2) is 6.29 Å². The molecule has 0 fully saturated rings. The molecule has 0 atom stereocenters. The molecule has 1 N–H and O–H groups in total. The van der Waals surface area contributed by atoms with Crippen LogP contribution in [0, 0.1) is 0 Å². The molecule has 11 heavy (non-hydrogen) atoms. The summed E-state index contributed by atoms with van der Waals surface area (Å²) in [6.07, 6.45) is -1.49. The highest BCUT2D eigenvalue weighted by molar-refractivity contribution is 5.64. The van der Waals surface area contributed by atoms with E-state index in [1.54, 1.807) is 0 Å². The summed E-state index contributed by atoms with van der Waals surface area (Å²) in [5.74, 6) is 0. The average molecular weight is 163 g/mol. The molecule has 0 heterocycles. The third-order valence-corrected chi connectivity index (χ3v) is 1.28. The van der Waals surface area contributed by atoms with Crippen molar-refractivity contribution in [1.82, 2.24) is 4.90 Å². The Hall–Kier alpha value is -0.810. The molecule has 0 aliphatic rings. The number of carboxylic acid groups (broad SMARTS) is 1. The van der Waals surface area contributed by atoms with Gasteiger partial charge in [0.2, 0.25) is 0 Å². The minimum atomic E-state index is -0.996. The van der Waals surface area contributed by atoms with Crippen LogP contribution in [0.25, 0.3) is 0 Å². The zero-order valence-corrected chi connectivity index (χ0v) is 6.90. The Morgan fingerprint density at radius 1 is 1.55 bits per heavy atom. The molecule has 5 heteroatoms. The van der Waals surface area contributed by atoms with E-state index in [1.807, 2.05) is 0 Å². The van der Waals surface area contributed by atoms with E-state index < -0.39 is 12.4 Å². The van der Waals surface area contributed by atoms with Crippen LogP contribution >= 0.6 is 0 Å². The molecule has 0 spiro atoms. The molecule has 0 radical (unpaired) electrons. The van der Waals surface area contributed by atoms with Gasteiger partial charge in [-0.05, 0) is 0 Å². The van der Waals surface area contributed by atoms with Crippen LogP contribution in [0.5, 0.6) is 0 Å². The van der Waals surface area contributed by atoms with Gasteiger partial charge in [-0.2, -0.15) is 0 Å². The van der Waals surface area contributed by atoms with Gasteiger partial charge in [0.25, 0.3) is 0 Å². The van der Waals surface area contributed by atoms with Crippen molar-refractivity contribution in [3.63, 3.8) is 0 Å². The van der Waals surface area contributed by atoms with Crippen LogP contribution in [0.3, 0.4) is 0 Å². The number of rotatable bonds is 4. The van der Waals surface area contributed by atoms with E-state index in [0.29, 0.717) is 0 Å². The second-order valence-electron chi connectivity index (χ2n) is 2.06. The van der Waals surface area contributed by atoms with E-state index in [9.17, 15) is 4.79 Å². The van der Waals surface area contributed by atoms with Gasteiger partial charge in [0.05, 0.1) is 6.54 Å². The van der Waals surface area contributed by atoms with Gasteiger partial charge in [-0.15, -0.1) is 0 Å². The summed E-state index contributed by atoms with van der Waals surface area (Å²) in [4.78, 5) is 11.4. The van der Waals surface area contributed by atoms with E-state index in [4.69, 9.17) is 14.6 Å². The molecular formula is C6H13NO4. The van der Waals surface area contributed by atoms with Gasteiger partial charge in [0, 0.05) is 21.3 Å². The van der Waals surface area contributed by atoms with Crippen molar-refractivity contribution in [1.29, 1.82) is 0 Å². The van der Waals surface area contributed by atoms with Crippen LogP contribution < -0.4 is 0 Å². The molecule has 0 aliphatic heterocycles.